The van der Waals surface area contributed by atoms with Crippen LogP contribution in [0.2, 0.25) is 0 Å². The number of carbonyl (C=O) groups excluding carboxylic acids is 1. The maximum atomic E-state index is 11.9. The molecule has 1 unspecified atom stereocenters. The van der Waals surface area contributed by atoms with E-state index in [0.717, 1.165) is 0 Å². The second kappa shape index (κ2) is 6.74. The molecule has 0 radical (unpaired) electrons. The van der Waals surface area contributed by atoms with Crippen LogP contribution in [0.4, 0.5) is 11.4 Å². The summed E-state index contributed by atoms with van der Waals surface area (Å²) in [7, 11) is 5.60. The van der Waals surface area contributed by atoms with Gasteiger partial charge in [0.15, 0.2) is 0 Å². The highest BCUT2D eigenvalue weighted by Gasteiger charge is 2.32. The van der Waals surface area contributed by atoms with E-state index in [2.05, 4.69) is 15.5 Å². The Bertz CT molecular complexity index is 568. The zero-order valence-electron chi connectivity index (χ0n) is 13.1. The SMILES string of the molecule is CNC(=O)c1cc([N+](=O)[O-])ccc1NCC(C1CC1)N(C)C. The quantitative estimate of drug-likeness (QED) is 0.591. The Balaban J connectivity index is 2.18. The van der Waals surface area contributed by atoms with Crippen LogP contribution in [-0.4, -0.2) is 49.5 Å². The lowest BCUT2D eigenvalue weighted by molar-refractivity contribution is -0.384. The molecule has 1 aliphatic carbocycles. The first-order valence-corrected chi connectivity index (χ1v) is 7.35. The number of amides is 1. The highest BCUT2D eigenvalue weighted by molar-refractivity contribution is 6.00. The van der Waals surface area contributed by atoms with Crippen LogP contribution >= 0.6 is 0 Å². The van der Waals surface area contributed by atoms with Gasteiger partial charge in [0, 0.05) is 37.5 Å². The number of carbonyl (C=O) groups is 1. The lowest BCUT2D eigenvalue weighted by atomic mass is 10.1. The van der Waals surface area contributed by atoms with Crippen LogP contribution in [0, 0.1) is 16.0 Å². The summed E-state index contributed by atoms with van der Waals surface area (Å²) < 4.78 is 0. The first kappa shape index (κ1) is 16.2. The Morgan fingerprint density at radius 1 is 1.45 bits per heavy atom. The van der Waals surface area contributed by atoms with Crippen molar-refractivity contribution in [3.63, 3.8) is 0 Å². The average molecular weight is 306 g/mol. The van der Waals surface area contributed by atoms with E-state index in [1.807, 2.05) is 14.1 Å². The van der Waals surface area contributed by atoms with Crippen LogP contribution in [0.3, 0.4) is 0 Å². The molecule has 0 heterocycles. The smallest absolute Gasteiger partial charge is 0.270 e. The molecule has 1 atom stereocenters. The summed E-state index contributed by atoms with van der Waals surface area (Å²) in [5.41, 5.74) is 0.831. The van der Waals surface area contributed by atoms with E-state index in [0.29, 0.717) is 29.8 Å². The highest BCUT2D eigenvalue weighted by atomic mass is 16.6. The number of likely N-dealkylation sites (N-methyl/N-ethyl adjacent to an activating group) is 1. The van der Waals surface area contributed by atoms with E-state index in [4.69, 9.17) is 0 Å². The number of non-ortho nitro benzene ring substituents is 1. The third kappa shape index (κ3) is 3.73. The lowest BCUT2D eigenvalue weighted by Gasteiger charge is -2.25. The molecule has 2 rings (SSSR count). The zero-order chi connectivity index (χ0) is 16.3. The third-order valence-electron chi connectivity index (χ3n) is 4.02. The molecule has 1 fully saturated rings. The van der Waals surface area contributed by atoms with Gasteiger partial charge in [-0.05, 0) is 38.9 Å². The van der Waals surface area contributed by atoms with Gasteiger partial charge >= 0.3 is 0 Å². The number of anilines is 1. The molecule has 0 aliphatic heterocycles. The van der Waals surface area contributed by atoms with Crippen LogP contribution in [0.1, 0.15) is 23.2 Å². The van der Waals surface area contributed by atoms with Gasteiger partial charge in [-0.3, -0.25) is 14.9 Å². The molecule has 22 heavy (non-hydrogen) atoms. The Hall–Kier alpha value is -2.15. The Labute approximate surface area is 129 Å². The maximum absolute atomic E-state index is 11.9. The van der Waals surface area contributed by atoms with Crippen molar-refractivity contribution in [3.05, 3.63) is 33.9 Å². The molecule has 0 bridgehead atoms. The molecule has 120 valence electrons. The average Bonchev–Trinajstić information content (AvgIpc) is 3.31. The molecule has 1 amide bonds. The van der Waals surface area contributed by atoms with Crippen molar-refractivity contribution < 1.29 is 9.72 Å². The van der Waals surface area contributed by atoms with Gasteiger partial charge in [0.25, 0.3) is 11.6 Å². The van der Waals surface area contributed by atoms with Crippen LogP contribution < -0.4 is 10.6 Å². The van der Waals surface area contributed by atoms with E-state index < -0.39 is 4.92 Å². The van der Waals surface area contributed by atoms with E-state index >= 15 is 0 Å². The van der Waals surface area contributed by atoms with Crippen molar-refractivity contribution >= 4 is 17.3 Å². The molecular weight excluding hydrogens is 284 g/mol. The number of benzene rings is 1. The Kier molecular flexibility index (Phi) is 4.97. The summed E-state index contributed by atoms with van der Waals surface area (Å²) in [4.78, 5) is 24.5. The predicted molar refractivity (Wildman–Crippen MR) is 85.2 cm³/mol. The summed E-state index contributed by atoms with van der Waals surface area (Å²) in [6, 6.07) is 4.72. The fourth-order valence-electron chi connectivity index (χ4n) is 2.59. The van der Waals surface area contributed by atoms with Gasteiger partial charge in [-0.1, -0.05) is 0 Å². The van der Waals surface area contributed by atoms with E-state index in [1.165, 1.54) is 32.0 Å². The number of hydrogen-bond acceptors (Lipinski definition) is 5. The minimum absolute atomic E-state index is 0.0875. The Morgan fingerprint density at radius 2 is 2.14 bits per heavy atom. The fourth-order valence-corrected chi connectivity index (χ4v) is 2.59. The first-order valence-electron chi connectivity index (χ1n) is 7.35. The molecule has 2 N–H and O–H groups in total. The zero-order valence-corrected chi connectivity index (χ0v) is 13.1. The number of nitro benzene ring substituents is 1. The van der Waals surface area contributed by atoms with Gasteiger partial charge < -0.3 is 15.5 Å². The van der Waals surface area contributed by atoms with Crippen molar-refractivity contribution in [1.29, 1.82) is 0 Å². The van der Waals surface area contributed by atoms with Crippen LogP contribution in [0.25, 0.3) is 0 Å². The van der Waals surface area contributed by atoms with E-state index in [9.17, 15) is 14.9 Å². The van der Waals surface area contributed by atoms with Crippen molar-refractivity contribution in [2.24, 2.45) is 5.92 Å². The van der Waals surface area contributed by atoms with E-state index in [-0.39, 0.29) is 11.6 Å². The molecular formula is C15H22N4O3. The van der Waals surface area contributed by atoms with E-state index in [1.54, 1.807) is 6.07 Å². The van der Waals surface area contributed by atoms with Crippen LogP contribution in [-0.2, 0) is 0 Å². The van der Waals surface area contributed by atoms with Crippen molar-refractivity contribution in [2.45, 2.75) is 18.9 Å². The van der Waals surface area contributed by atoms with Gasteiger partial charge in [-0.25, -0.2) is 0 Å². The normalized spacial score (nSPS) is 15.5. The van der Waals surface area contributed by atoms with Gasteiger partial charge in [0.05, 0.1) is 10.5 Å². The topological polar surface area (TPSA) is 87.5 Å². The van der Waals surface area contributed by atoms with Gasteiger partial charge in [0.1, 0.15) is 0 Å². The van der Waals surface area contributed by atoms with Gasteiger partial charge in [-0.2, -0.15) is 0 Å². The van der Waals surface area contributed by atoms with Crippen molar-refractivity contribution in [2.75, 3.05) is 33.0 Å². The summed E-state index contributed by atoms with van der Waals surface area (Å²) in [5.74, 6) is 0.350. The molecule has 7 nitrogen and oxygen atoms in total. The van der Waals surface area contributed by atoms with Gasteiger partial charge in [0.2, 0.25) is 0 Å². The minimum Gasteiger partial charge on any atom is -0.383 e. The standard InChI is InChI=1S/C15H22N4O3/c1-16-15(20)12-8-11(19(21)22)6-7-13(12)17-9-14(18(2)3)10-4-5-10/h6-8,10,14,17H,4-5,9H2,1-3H3,(H,16,20). The molecule has 1 aromatic rings. The highest BCUT2D eigenvalue weighted by Crippen LogP contribution is 2.35. The lowest BCUT2D eigenvalue weighted by Crippen LogP contribution is -2.36. The van der Waals surface area contributed by atoms with Crippen molar-refractivity contribution in [1.82, 2.24) is 10.2 Å². The second-order valence-corrected chi connectivity index (χ2v) is 5.82. The summed E-state index contributed by atoms with van der Waals surface area (Å²) in [6.07, 6.45) is 2.46. The van der Waals surface area contributed by atoms with Gasteiger partial charge in [-0.15, -0.1) is 0 Å². The maximum Gasteiger partial charge on any atom is 0.270 e. The predicted octanol–water partition coefficient (Wildman–Crippen LogP) is 1.71. The third-order valence-corrected chi connectivity index (χ3v) is 4.02. The summed E-state index contributed by atoms with van der Waals surface area (Å²) in [6.45, 7) is 0.708. The number of nitrogens with zero attached hydrogens (tertiary/aromatic N) is 2. The van der Waals surface area contributed by atoms with Crippen LogP contribution in [0.15, 0.2) is 18.2 Å². The van der Waals surface area contributed by atoms with Crippen molar-refractivity contribution in [3.8, 4) is 0 Å². The number of hydrogen-bond donors (Lipinski definition) is 2. The molecule has 0 saturated heterocycles. The largest absolute Gasteiger partial charge is 0.383 e. The summed E-state index contributed by atoms with van der Waals surface area (Å²) >= 11 is 0. The first-order chi connectivity index (χ1) is 10.4. The monoisotopic (exact) mass is 306 g/mol. The molecule has 0 spiro atoms. The van der Waals surface area contributed by atoms with Crippen LogP contribution in [0.5, 0.6) is 0 Å². The summed E-state index contributed by atoms with van der Waals surface area (Å²) in [5, 5.41) is 16.7. The minimum atomic E-state index is -0.497. The number of rotatable bonds is 7. The molecule has 0 aromatic heterocycles. The second-order valence-electron chi connectivity index (χ2n) is 5.82. The fraction of sp³-hybridized carbons (Fsp3) is 0.533. The number of nitrogens with one attached hydrogen (secondary N) is 2. The molecule has 1 saturated carbocycles. The Morgan fingerprint density at radius 3 is 2.64 bits per heavy atom. The molecule has 1 aromatic carbocycles. The number of nitro groups is 1. The molecule has 1 aliphatic rings. The molecule has 7 heteroatoms.